The van der Waals surface area contributed by atoms with Gasteiger partial charge in [0.15, 0.2) is 0 Å². The third-order valence-electron chi connectivity index (χ3n) is 5.97. The number of aryl methyl sites for hydroxylation is 1. The van der Waals surface area contributed by atoms with E-state index in [2.05, 4.69) is 37.4 Å². The summed E-state index contributed by atoms with van der Waals surface area (Å²) in [5.41, 5.74) is 9.47. The first-order chi connectivity index (χ1) is 16.5. The first kappa shape index (κ1) is 22.9. The Morgan fingerprint density at radius 3 is 2.74 bits per heavy atom. The van der Waals surface area contributed by atoms with Crippen molar-refractivity contribution in [2.24, 2.45) is 5.73 Å². The number of nitrogens with zero attached hydrogens (tertiary/aromatic N) is 7. The Balaban J connectivity index is 1.52. The fourth-order valence-corrected chi connectivity index (χ4v) is 4.18. The number of rotatable bonds is 7. The molecule has 10 nitrogen and oxygen atoms in total. The predicted octanol–water partition coefficient (Wildman–Crippen LogP) is 2.72. The number of anilines is 2. The molecule has 1 amide bonds. The van der Waals surface area contributed by atoms with E-state index in [0.717, 1.165) is 42.7 Å². The van der Waals surface area contributed by atoms with Gasteiger partial charge in [0.25, 0.3) is 0 Å². The zero-order valence-corrected chi connectivity index (χ0v) is 18.9. The molecule has 0 aliphatic carbocycles. The second kappa shape index (κ2) is 10.1. The molecule has 1 aliphatic rings. The fourth-order valence-electron chi connectivity index (χ4n) is 4.18. The molecule has 3 N–H and O–H groups in total. The maximum Gasteiger partial charge on any atom is 0.249 e. The molecule has 3 heterocycles. The first-order valence-corrected chi connectivity index (χ1v) is 11.0. The van der Waals surface area contributed by atoms with Gasteiger partial charge in [-0.3, -0.25) is 14.4 Å². The molecule has 2 aromatic heterocycles. The Morgan fingerprint density at radius 2 is 2.03 bits per heavy atom. The maximum atomic E-state index is 11.7. The minimum absolute atomic E-state index is 0.0793. The number of benzene rings is 1. The number of aromatic nitrogens is 4. The number of nitrogens with two attached hydrogens (primary N) is 1. The summed E-state index contributed by atoms with van der Waals surface area (Å²) >= 11 is 0. The van der Waals surface area contributed by atoms with Crippen LogP contribution in [0.25, 0.3) is 11.3 Å². The number of carbonyl (C=O) groups excluding carboxylic acids is 1. The molecule has 0 unspecified atom stereocenters. The number of primary amides is 1. The number of nitrogens with one attached hydrogen (secondary N) is 1. The lowest BCUT2D eigenvalue weighted by Gasteiger charge is -2.30. The van der Waals surface area contributed by atoms with Crippen molar-refractivity contribution in [1.82, 2.24) is 24.6 Å². The van der Waals surface area contributed by atoms with Crippen LogP contribution in [0.5, 0.6) is 0 Å². The summed E-state index contributed by atoms with van der Waals surface area (Å²) in [5.74, 6) is -0.142. The summed E-state index contributed by atoms with van der Waals surface area (Å²) in [6.07, 6.45) is 7.39. The molecule has 10 heteroatoms. The lowest BCUT2D eigenvalue weighted by atomic mass is 9.98. The van der Waals surface area contributed by atoms with E-state index >= 15 is 0 Å². The van der Waals surface area contributed by atoms with Crippen molar-refractivity contribution in [3.05, 3.63) is 53.5 Å². The van der Waals surface area contributed by atoms with E-state index in [1.807, 2.05) is 17.8 Å². The normalized spacial score (nSPS) is 14.3. The van der Waals surface area contributed by atoms with E-state index in [4.69, 9.17) is 16.3 Å². The maximum absolute atomic E-state index is 11.7. The van der Waals surface area contributed by atoms with Gasteiger partial charge in [0.05, 0.1) is 48.7 Å². The summed E-state index contributed by atoms with van der Waals surface area (Å²) in [4.78, 5) is 22.9. The van der Waals surface area contributed by atoms with Gasteiger partial charge in [0, 0.05) is 36.6 Å². The number of hydrogen-bond donors (Lipinski definition) is 2. The second-order valence-electron chi connectivity index (χ2n) is 8.30. The van der Waals surface area contributed by atoms with Gasteiger partial charge in [-0.05, 0) is 43.0 Å². The molecule has 34 heavy (non-hydrogen) atoms. The monoisotopic (exact) mass is 455 g/mol. The van der Waals surface area contributed by atoms with Crippen molar-refractivity contribution in [2.75, 3.05) is 25.0 Å². The Labute approximate surface area is 197 Å². The Morgan fingerprint density at radius 1 is 1.24 bits per heavy atom. The van der Waals surface area contributed by atoms with Crippen molar-refractivity contribution in [2.45, 2.75) is 32.2 Å². The van der Waals surface area contributed by atoms with E-state index in [1.165, 1.54) is 0 Å². The van der Waals surface area contributed by atoms with Crippen LogP contribution in [0.15, 0.2) is 36.8 Å². The molecule has 0 saturated carbocycles. The average Bonchev–Trinajstić information content (AvgIpc) is 3.29. The second-order valence-corrected chi connectivity index (χ2v) is 8.30. The number of nitriles is 2. The van der Waals surface area contributed by atoms with Gasteiger partial charge in [-0.15, -0.1) is 0 Å². The highest BCUT2D eigenvalue weighted by Crippen LogP contribution is 2.27. The van der Waals surface area contributed by atoms with Crippen LogP contribution in [0, 0.1) is 29.6 Å². The molecule has 1 aliphatic heterocycles. The summed E-state index contributed by atoms with van der Waals surface area (Å²) in [5, 5.41) is 25.7. The van der Waals surface area contributed by atoms with Crippen LogP contribution in [-0.4, -0.2) is 50.2 Å². The van der Waals surface area contributed by atoms with Gasteiger partial charge < -0.3 is 11.1 Å². The molecular formula is C24H25N9O. The van der Waals surface area contributed by atoms with E-state index < -0.39 is 5.91 Å². The van der Waals surface area contributed by atoms with Crippen molar-refractivity contribution in [3.63, 3.8) is 0 Å². The van der Waals surface area contributed by atoms with E-state index in [9.17, 15) is 4.79 Å². The number of piperidine rings is 1. The van der Waals surface area contributed by atoms with Crippen LogP contribution in [-0.2, 0) is 6.42 Å². The number of amides is 1. The van der Waals surface area contributed by atoms with Crippen molar-refractivity contribution in [1.29, 1.82) is 10.5 Å². The molecule has 172 valence electrons. The largest absolute Gasteiger partial charge is 0.366 e. The van der Waals surface area contributed by atoms with Crippen molar-refractivity contribution in [3.8, 4) is 23.4 Å². The zero-order chi connectivity index (χ0) is 24.1. The van der Waals surface area contributed by atoms with Gasteiger partial charge in [-0.1, -0.05) is 6.07 Å². The predicted molar refractivity (Wildman–Crippen MR) is 126 cm³/mol. The molecule has 1 fully saturated rings. The van der Waals surface area contributed by atoms with Gasteiger partial charge >= 0.3 is 0 Å². The number of carbonyl (C=O) groups is 1. The lowest BCUT2D eigenvalue weighted by molar-refractivity contribution is 0.0999. The van der Waals surface area contributed by atoms with Crippen LogP contribution in [0.2, 0.25) is 0 Å². The number of likely N-dealkylation sites (tertiary alicyclic amines) is 1. The molecular weight excluding hydrogens is 430 g/mol. The molecule has 0 atom stereocenters. The topological polar surface area (TPSA) is 150 Å². The van der Waals surface area contributed by atoms with Gasteiger partial charge in [-0.25, -0.2) is 9.97 Å². The first-order valence-electron chi connectivity index (χ1n) is 11.0. The molecule has 0 radical (unpaired) electrons. The Kier molecular flexibility index (Phi) is 6.81. The molecule has 0 bridgehead atoms. The Bertz CT molecular complexity index is 1280. The summed E-state index contributed by atoms with van der Waals surface area (Å²) in [6, 6.07) is 9.76. The van der Waals surface area contributed by atoms with E-state index in [-0.39, 0.29) is 6.42 Å². The molecule has 1 aromatic carbocycles. The standard InChI is InChI=1S/C24H25N9O/c1-16-13-28-24(31-22(16)18-2-3-21(23(27)34)17(12-18)4-7-25)30-19-14-29-33(15-19)20-5-9-32(10-6-20)11-8-26/h2-3,12-15,20H,4-6,9-11H2,1H3,(H2,27,34)(H,28,30,31). The molecule has 1 saturated heterocycles. The third-order valence-corrected chi connectivity index (χ3v) is 5.97. The zero-order valence-electron chi connectivity index (χ0n) is 18.9. The third kappa shape index (κ3) is 5.03. The van der Waals surface area contributed by atoms with Gasteiger partial charge in [-0.2, -0.15) is 15.6 Å². The van der Waals surface area contributed by atoms with Crippen LogP contribution in [0.3, 0.4) is 0 Å². The highest BCUT2D eigenvalue weighted by Gasteiger charge is 2.21. The molecule has 3 aromatic rings. The van der Waals surface area contributed by atoms with Crippen molar-refractivity contribution < 1.29 is 4.79 Å². The molecule has 4 rings (SSSR count). The average molecular weight is 456 g/mol. The lowest BCUT2D eigenvalue weighted by Crippen LogP contribution is -2.34. The van der Waals surface area contributed by atoms with Crippen LogP contribution < -0.4 is 11.1 Å². The smallest absolute Gasteiger partial charge is 0.249 e. The summed E-state index contributed by atoms with van der Waals surface area (Å²) < 4.78 is 1.96. The minimum atomic E-state index is -0.564. The summed E-state index contributed by atoms with van der Waals surface area (Å²) in [6.45, 7) is 4.14. The van der Waals surface area contributed by atoms with Crippen LogP contribution in [0.1, 0.15) is 40.4 Å². The van der Waals surface area contributed by atoms with Gasteiger partial charge in [0.2, 0.25) is 11.9 Å². The van der Waals surface area contributed by atoms with E-state index in [0.29, 0.717) is 35.4 Å². The van der Waals surface area contributed by atoms with Crippen LogP contribution >= 0.6 is 0 Å². The number of hydrogen-bond acceptors (Lipinski definition) is 8. The summed E-state index contributed by atoms with van der Waals surface area (Å²) in [7, 11) is 0. The highest BCUT2D eigenvalue weighted by molar-refractivity contribution is 5.95. The Hall–Kier alpha value is -4.28. The minimum Gasteiger partial charge on any atom is -0.366 e. The highest BCUT2D eigenvalue weighted by atomic mass is 16.1. The van der Waals surface area contributed by atoms with E-state index in [1.54, 1.807) is 30.6 Å². The van der Waals surface area contributed by atoms with Gasteiger partial charge in [0.1, 0.15) is 0 Å². The molecule has 0 spiro atoms. The fraction of sp³-hybridized carbons (Fsp3) is 0.333. The quantitative estimate of drug-likeness (QED) is 0.516. The van der Waals surface area contributed by atoms with Crippen LogP contribution in [0.4, 0.5) is 11.6 Å². The van der Waals surface area contributed by atoms with Crippen molar-refractivity contribution >= 4 is 17.5 Å². The SMILES string of the molecule is Cc1cnc(Nc2cnn(C3CCN(CC#N)CC3)c2)nc1-c1ccc(C(N)=O)c(CC#N)c1.